The standard InChI is InChI=1S/C51H81NO6/c1-4-5-6-7-8-9-10-17-28-37-46(57-49(54)38-29-18-13-11-15-22-31-44-33-24-20-25-34-44)40-48(53)52-47-41-56-43(3)42(2)51(47)58-50(55)39-30-19-14-12-16-23-32-45-35-26-21-27-36-45/h20-21,24-27,33-36,42-43,46-47,51H,4-19,22-23,28-32,37-41H2,1-3H3,(H,52,53)/t42-,43-,46+,47+,51+/m1/s1. The van der Waals surface area contributed by atoms with E-state index in [1.54, 1.807) is 0 Å². The van der Waals surface area contributed by atoms with Gasteiger partial charge in [0.05, 0.1) is 25.2 Å². The largest absolute Gasteiger partial charge is 0.462 e. The van der Waals surface area contributed by atoms with Crippen molar-refractivity contribution in [2.75, 3.05) is 6.61 Å². The SMILES string of the molecule is CCCCCCCCCCC[C@@H](CC(=O)N[C@H]1CO[C@H](C)[C@@H](C)[C@@H]1OC(=O)CCCCCCCCc1ccccc1)OC(=O)CCCCCCCCc1ccccc1. The molecule has 0 radical (unpaired) electrons. The molecule has 0 aromatic heterocycles. The predicted molar refractivity (Wildman–Crippen MR) is 238 cm³/mol. The van der Waals surface area contributed by atoms with Crippen molar-refractivity contribution in [1.82, 2.24) is 5.32 Å². The molecule has 1 fully saturated rings. The van der Waals surface area contributed by atoms with E-state index in [1.807, 2.05) is 13.8 Å². The van der Waals surface area contributed by atoms with Crippen LogP contribution >= 0.6 is 0 Å². The van der Waals surface area contributed by atoms with Crippen LogP contribution in [0.5, 0.6) is 0 Å². The molecule has 58 heavy (non-hydrogen) atoms. The quantitative estimate of drug-likeness (QED) is 0.0571. The summed E-state index contributed by atoms with van der Waals surface area (Å²) in [5.74, 6) is -0.668. The molecule has 1 N–H and O–H groups in total. The second-order valence-electron chi connectivity index (χ2n) is 17.2. The van der Waals surface area contributed by atoms with Crippen molar-refractivity contribution in [3.05, 3.63) is 71.8 Å². The number of hydrogen-bond acceptors (Lipinski definition) is 6. The molecule has 0 saturated carbocycles. The first kappa shape index (κ1) is 49.2. The van der Waals surface area contributed by atoms with Crippen molar-refractivity contribution in [1.29, 1.82) is 0 Å². The number of esters is 2. The number of nitrogens with one attached hydrogen (secondary N) is 1. The first-order chi connectivity index (χ1) is 28.4. The van der Waals surface area contributed by atoms with E-state index in [2.05, 4.69) is 72.9 Å². The lowest BCUT2D eigenvalue weighted by Crippen LogP contribution is -2.57. The number of benzene rings is 2. The number of ether oxygens (including phenoxy) is 3. The van der Waals surface area contributed by atoms with E-state index in [1.165, 1.54) is 94.6 Å². The number of rotatable bonds is 33. The molecular weight excluding hydrogens is 723 g/mol. The summed E-state index contributed by atoms with van der Waals surface area (Å²) >= 11 is 0. The van der Waals surface area contributed by atoms with Crippen LogP contribution in [-0.4, -0.2) is 48.8 Å². The molecule has 0 unspecified atom stereocenters. The summed E-state index contributed by atoms with van der Waals surface area (Å²) in [6.45, 7) is 6.55. The Labute approximate surface area is 353 Å². The van der Waals surface area contributed by atoms with Gasteiger partial charge >= 0.3 is 11.9 Å². The molecule has 1 heterocycles. The normalized spacial score (nSPS) is 18.4. The number of carbonyl (C=O) groups is 3. The van der Waals surface area contributed by atoms with E-state index in [4.69, 9.17) is 14.2 Å². The summed E-state index contributed by atoms with van der Waals surface area (Å²) in [5, 5.41) is 3.13. The summed E-state index contributed by atoms with van der Waals surface area (Å²) in [6, 6.07) is 20.8. The van der Waals surface area contributed by atoms with Gasteiger partial charge in [0.15, 0.2) is 0 Å². The van der Waals surface area contributed by atoms with E-state index < -0.39 is 18.2 Å². The Kier molecular flexibility index (Phi) is 26.9. The van der Waals surface area contributed by atoms with Crippen molar-refractivity contribution in [2.45, 2.75) is 218 Å². The summed E-state index contributed by atoms with van der Waals surface area (Å²) < 4.78 is 18.1. The fourth-order valence-electron chi connectivity index (χ4n) is 8.16. The zero-order valence-corrected chi connectivity index (χ0v) is 36.9. The second kappa shape index (κ2) is 31.7. The molecule has 3 rings (SSSR count). The fourth-order valence-corrected chi connectivity index (χ4v) is 8.16. The highest BCUT2D eigenvalue weighted by Gasteiger charge is 2.39. The first-order valence-corrected chi connectivity index (χ1v) is 23.7. The molecule has 0 spiro atoms. The average molecular weight is 804 g/mol. The Hall–Kier alpha value is -3.19. The number of carbonyl (C=O) groups excluding carboxylic acids is 3. The van der Waals surface area contributed by atoms with Gasteiger partial charge in [0, 0.05) is 18.8 Å². The van der Waals surface area contributed by atoms with E-state index in [0.717, 1.165) is 64.2 Å². The zero-order valence-electron chi connectivity index (χ0n) is 36.9. The van der Waals surface area contributed by atoms with Crippen molar-refractivity contribution < 1.29 is 28.6 Å². The van der Waals surface area contributed by atoms with E-state index in [-0.39, 0.29) is 42.9 Å². The lowest BCUT2D eigenvalue weighted by Gasteiger charge is -2.40. The minimum Gasteiger partial charge on any atom is -0.462 e. The lowest BCUT2D eigenvalue weighted by molar-refractivity contribution is -0.169. The highest BCUT2D eigenvalue weighted by molar-refractivity contribution is 5.78. The van der Waals surface area contributed by atoms with Crippen LogP contribution in [-0.2, 0) is 41.4 Å². The Bertz CT molecular complexity index is 1340. The van der Waals surface area contributed by atoms with Crippen LogP contribution in [0.2, 0.25) is 0 Å². The molecular formula is C51H81NO6. The fraction of sp³-hybridized carbons (Fsp3) is 0.706. The Balaban J connectivity index is 1.39. The van der Waals surface area contributed by atoms with Gasteiger partial charge in [0.2, 0.25) is 5.91 Å². The molecule has 2 aromatic carbocycles. The lowest BCUT2D eigenvalue weighted by atomic mass is 9.90. The Morgan fingerprint density at radius 3 is 1.62 bits per heavy atom. The number of aryl methyl sites for hydroxylation is 2. The third-order valence-corrected chi connectivity index (χ3v) is 12.0. The van der Waals surface area contributed by atoms with Gasteiger partial charge in [-0.2, -0.15) is 0 Å². The number of unbranched alkanes of at least 4 members (excludes halogenated alkanes) is 18. The molecule has 7 nitrogen and oxygen atoms in total. The summed E-state index contributed by atoms with van der Waals surface area (Å²) in [4.78, 5) is 39.6. The third kappa shape index (κ3) is 22.8. The van der Waals surface area contributed by atoms with Crippen molar-refractivity contribution in [3.63, 3.8) is 0 Å². The molecule has 1 aliphatic heterocycles. The highest BCUT2D eigenvalue weighted by Crippen LogP contribution is 2.26. The number of amides is 1. The van der Waals surface area contributed by atoms with Crippen molar-refractivity contribution >= 4 is 17.8 Å². The molecule has 1 aliphatic rings. The minimum atomic E-state index is -0.463. The molecule has 1 amide bonds. The molecule has 0 bridgehead atoms. The summed E-state index contributed by atoms with van der Waals surface area (Å²) in [6.07, 6.45) is 26.7. The first-order valence-electron chi connectivity index (χ1n) is 23.7. The van der Waals surface area contributed by atoms with E-state index in [0.29, 0.717) is 19.3 Å². The van der Waals surface area contributed by atoms with Crippen LogP contribution in [0.25, 0.3) is 0 Å². The molecule has 0 aliphatic carbocycles. The maximum absolute atomic E-state index is 13.6. The topological polar surface area (TPSA) is 90.9 Å². The summed E-state index contributed by atoms with van der Waals surface area (Å²) in [7, 11) is 0. The maximum atomic E-state index is 13.6. The van der Waals surface area contributed by atoms with Gasteiger partial charge in [0.25, 0.3) is 0 Å². The van der Waals surface area contributed by atoms with Crippen LogP contribution in [0.15, 0.2) is 60.7 Å². The van der Waals surface area contributed by atoms with Crippen LogP contribution in [0.1, 0.15) is 192 Å². The molecule has 7 heteroatoms. The van der Waals surface area contributed by atoms with Crippen molar-refractivity contribution in [3.8, 4) is 0 Å². The number of hydrogen-bond donors (Lipinski definition) is 1. The van der Waals surface area contributed by atoms with Gasteiger partial charge < -0.3 is 19.5 Å². The highest BCUT2D eigenvalue weighted by atomic mass is 16.6. The monoisotopic (exact) mass is 804 g/mol. The van der Waals surface area contributed by atoms with Gasteiger partial charge in [-0.25, -0.2) is 0 Å². The van der Waals surface area contributed by atoms with Crippen LogP contribution in [0.4, 0.5) is 0 Å². The van der Waals surface area contributed by atoms with Gasteiger partial charge in [-0.15, -0.1) is 0 Å². The van der Waals surface area contributed by atoms with Gasteiger partial charge in [-0.1, -0.05) is 177 Å². The maximum Gasteiger partial charge on any atom is 0.306 e. The van der Waals surface area contributed by atoms with E-state index in [9.17, 15) is 14.4 Å². The average Bonchev–Trinajstić information content (AvgIpc) is 3.22. The molecule has 2 aromatic rings. The molecule has 326 valence electrons. The Morgan fingerprint density at radius 2 is 1.09 bits per heavy atom. The van der Waals surface area contributed by atoms with Crippen LogP contribution in [0.3, 0.4) is 0 Å². The minimum absolute atomic E-state index is 0.0629. The zero-order chi connectivity index (χ0) is 41.5. The third-order valence-electron chi connectivity index (χ3n) is 12.0. The second-order valence-corrected chi connectivity index (χ2v) is 17.2. The smallest absolute Gasteiger partial charge is 0.306 e. The summed E-state index contributed by atoms with van der Waals surface area (Å²) in [5.41, 5.74) is 2.79. The van der Waals surface area contributed by atoms with Gasteiger partial charge in [-0.05, 0) is 69.4 Å². The Morgan fingerprint density at radius 1 is 0.621 bits per heavy atom. The van der Waals surface area contributed by atoms with Crippen LogP contribution in [0, 0.1) is 5.92 Å². The van der Waals surface area contributed by atoms with Crippen LogP contribution < -0.4 is 5.32 Å². The predicted octanol–water partition coefficient (Wildman–Crippen LogP) is 12.6. The molecule has 5 atom stereocenters. The van der Waals surface area contributed by atoms with Crippen molar-refractivity contribution in [2.24, 2.45) is 5.92 Å². The van der Waals surface area contributed by atoms with Gasteiger partial charge in [0.1, 0.15) is 12.2 Å². The molecule has 1 saturated heterocycles. The van der Waals surface area contributed by atoms with Gasteiger partial charge in [-0.3, -0.25) is 14.4 Å². The van der Waals surface area contributed by atoms with E-state index >= 15 is 0 Å².